The molecule has 9 nitrogen and oxygen atoms in total. The molecule has 0 aromatic heterocycles. The van der Waals surface area contributed by atoms with Gasteiger partial charge in [-0.2, -0.15) is 0 Å². The van der Waals surface area contributed by atoms with Crippen molar-refractivity contribution in [1.82, 2.24) is 0 Å². The third kappa shape index (κ3) is 39.7. The highest BCUT2D eigenvalue weighted by molar-refractivity contribution is 7.47. The zero-order valence-electron chi connectivity index (χ0n) is 33.5. The van der Waals surface area contributed by atoms with E-state index in [1.165, 1.54) is 44.9 Å². The van der Waals surface area contributed by atoms with Crippen molar-refractivity contribution in [2.75, 3.05) is 33.0 Å². The molecule has 0 aliphatic carbocycles. The van der Waals surface area contributed by atoms with Crippen LogP contribution in [-0.4, -0.2) is 66.3 Å². The van der Waals surface area contributed by atoms with Crippen molar-refractivity contribution in [3.63, 3.8) is 0 Å². The topological polar surface area (TPSA) is 132 Å². The van der Waals surface area contributed by atoms with E-state index in [0.29, 0.717) is 13.0 Å². The minimum atomic E-state index is -4.52. The van der Waals surface area contributed by atoms with Crippen LogP contribution in [0.25, 0.3) is 0 Å². The first-order valence-corrected chi connectivity index (χ1v) is 22.3. The largest absolute Gasteiger partial charge is 0.472 e. The van der Waals surface area contributed by atoms with E-state index in [2.05, 4.69) is 74.6 Å². The summed E-state index contributed by atoms with van der Waals surface area (Å²) in [6.45, 7) is 3.34. The molecule has 0 aliphatic rings. The fourth-order valence-corrected chi connectivity index (χ4v) is 6.07. The summed E-state index contributed by atoms with van der Waals surface area (Å²) in [5.74, 6) is -0.401. The van der Waals surface area contributed by atoms with Crippen LogP contribution in [0, 0.1) is 0 Å². The summed E-state index contributed by atoms with van der Waals surface area (Å²) in [6.07, 6.45) is 44.6. The van der Waals surface area contributed by atoms with Crippen molar-refractivity contribution in [3.05, 3.63) is 60.8 Å². The molecule has 0 amide bonds. The summed E-state index contributed by atoms with van der Waals surface area (Å²) in [4.78, 5) is 22.5. The van der Waals surface area contributed by atoms with Crippen molar-refractivity contribution in [2.45, 2.75) is 174 Å². The Morgan fingerprint density at radius 2 is 1.08 bits per heavy atom. The normalized spacial score (nSPS) is 14.7. The molecule has 0 saturated heterocycles. The molecule has 3 atom stereocenters. The highest BCUT2D eigenvalue weighted by Gasteiger charge is 2.26. The molecule has 0 radical (unpaired) electrons. The number of ether oxygens (including phenoxy) is 2. The van der Waals surface area contributed by atoms with Crippen LogP contribution >= 0.6 is 7.82 Å². The van der Waals surface area contributed by atoms with Crippen LogP contribution in [0.1, 0.15) is 162 Å². The third-order valence-corrected chi connectivity index (χ3v) is 9.39. The number of aliphatic hydroxyl groups is 2. The molecule has 0 bridgehead atoms. The summed E-state index contributed by atoms with van der Waals surface area (Å²) in [7, 11) is -4.52. The molecule has 10 heteroatoms. The molecular formula is C43H77O9P. The van der Waals surface area contributed by atoms with E-state index < -0.39 is 39.2 Å². The highest BCUT2D eigenvalue weighted by atomic mass is 31.2. The predicted octanol–water partition coefficient (Wildman–Crippen LogP) is 11.2. The Morgan fingerprint density at radius 3 is 1.64 bits per heavy atom. The fourth-order valence-electron chi connectivity index (χ4n) is 5.28. The number of rotatable bonds is 39. The van der Waals surface area contributed by atoms with Crippen LogP contribution in [0.15, 0.2) is 60.8 Å². The SMILES string of the molecule is CC/C=C\C/C=C\C/C=C\C/C=C\CCCCCCCCC(=O)OC(COCCCCCCCC/C=C\CCCCC)COP(=O)(O)OCC(O)CO. The number of carbonyl (C=O) groups is 1. The van der Waals surface area contributed by atoms with E-state index in [-0.39, 0.29) is 19.6 Å². The molecule has 0 fully saturated rings. The molecular weight excluding hydrogens is 691 g/mol. The molecule has 0 aromatic carbocycles. The van der Waals surface area contributed by atoms with Gasteiger partial charge in [-0.05, 0) is 77.0 Å². The van der Waals surface area contributed by atoms with Gasteiger partial charge in [-0.15, -0.1) is 0 Å². The van der Waals surface area contributed by atoms with Gasteiger partial charge in [0.05, 0.1) is 26.4 Å². The van der Waals surface area contributed by atoms with Gasteiger partial charge >= 0.3 is 13.8 Å². The van der Waals surface area contributed by atoms with E-state index in [0.717, 1.165) is 89.9 Å². The van der Waals surface area contributed by atoms with Crippen molar-refractivity contribution < 1.29 is 43.0 Å². The maximum absolute atomic E-state index is 12.6. The Balaban J connectivity index is 4.23. The Labute approximate surface area is 323 Å². The van der Waals surface area contributed by atoms with Gasteiger partial charge in [-0.1, -0.05) is 139 Å². The molecule has 0 spiro atoms. The lowest BCUT2D eigenvalue weighted by molar-refractivity contribution is -0.154. The zero-order valence-corrected chi connectivity index (χ0v) is 34.4. The Morgan fingerprint density at radius 1 is 0.604 bits per heavy atom. The first-order valence-electron chi connectivity index (χ1n) is 20.8. The lowest BCUT2D eigenvalue weighted by atomic mass is 10.1. The van der Waals surface area contributed by atoms with Gasteiger partial charge in [0.2, 0.25) is 0 Å². The monoisotopic (exact) mass is 769 g/mol. The number of allylic oxidation sites excluding steroid dienone is 10. The van der Waals surface area contributed by atoms with E-state index in [1.54, 1.807) is 0 Å². The zero-order chi connectivity index (χ0) is 38.9. The summed E-state index contributed by atoms with van der Waals surface area (Å²) >= 11 is 0. The van der Waals surface area contributed by atoms with E-state index >= 15 is 0 Å². The number of hydrogen-bond donors (Lipinski definition) is 3. The summed E-state index contributed by atoms with van der Waals surface area (Å²) in [6, 6.07) is 0. The molecule has 0 saturated carbocycles. The quantitative estimate of drug-likeness (QED) is 0.0242. The second-order valence-electron chi connectivity index (χ2n) is 13.6. The number of hydrogen-bond acceptors (Lipinski definition) is 8. The van der Waals surface area contributed by atoms with Crippen LogP contribution in [0.3, 0.4) is 0 Å². The fraction of sp³-hybridized carbons (Fsp3) is 0.744. The van der Waals surface area contributed by atoms with Gasteiger partial charge in [0.15, 0.2) is 0 Å². The second kappa shape index (κ2) is 39.8. The first-order chi connectivity index (χ1) is 25.8. The van der Waals surface area contributed by atoms with Gasteiger partial charge in [0.1, 0.15) is 12.2 Å². The third-order valence-electron chi connectivity index (χ3n) is 8.44. The van der Waals surface area contributed by atoms with E-state index in [4.69, 9.17) is 23.6 Å². The lowest BCUT2D eigenvalue weighted by Gasteiger charge is -2.20. The molecule has 3 unspecified atom stereocenters. The Bertz CT molecular complexity index is 1010. The van der Waals surface area contributed by atoms with E-state index in [9.17, 15) is 19.4 Å². The minimum Gasteiger partial charge on any atom is -0.457 e. The first kappa shape index (κ1) is 51.2. The maximum Gasteiger partial charge on any atom is 0.472 e. The molecule has 53 heavy (non-hydrogen) atoms. The van der Waals surface area contributed by atoms with Gasteiger partial charge in [-0.25, -0.2) is 4.57 Å². The van der Waals surface area contributed by atoms with Gasteiger partial charge in [-0.3, -0.25) is 13.8 Å². The van der Waals surface area contributed by atoms with Gasteiger partial charge in [0, 0.05) is 13.0 Å². The Hall–Kier alpha value is -1.84. The average molecular weight is 769 g/mol. The van der Waals surface area contributed by atoms with Gasteiger partial charge in [0.25, 0.3) is 0 Å². The average Bonchev–Trinajstić information content (AvgIpc) is 3.15. The number of phosphoric acid groups is 1. The number of esters is 1. The number of unbranched alkanes of at least 4 members (excludes halogenated alkanes) is 15. The van der Waals surface area contributed by atoms with Crippen LogP contribution in [0.4, 0.5) is 0 Å². The van der Waals surface area contributed by atoms with E-state index in [1.807, 2.05) is 0 Å². The summed E-state index contributed by atoms with van der Waals surface area (Å²) in [5, 5.41) is 18.3. The molecule has 0 aromatic rings. The van der Waals surface area contributed by atoms with Crippen molar-refractivity contribution in [1.29, 1.82) is 0 Å². The standard InChI is InChI=1S/C43H77O9P/c1-3-5-7-9-11-13-15-17-18-19-20-21-22-23-25-27-29-31-33-35-43(46)52-42(40-51-53(47,48)50-38-41(45)37-44)39-49-36-34-32-30-28-26-24-16-14-12-10-8-6-4-2/h5,7,11-14,17-18,20-21,41-42,44-45H,3-4,6,8-10,15-16,19,22-40H2,1-2H3,(H,47,48)/b7-5-,13-11-,14-12-,18-17-,21-20-. The molecule has 0 rings (SSSR count). The van der Waals surface area contributed by atoms with Crippen LogP contribution in [0.2, 0.25) is 0 Å². The van der Waals surface area contributed by atoms with Crippen LogP contribution in [-0.2, 0) is 27.9 Å². The number of phosphoric ester groups is 1. The molecule has 0 aliphatic heterocycles. The molecule has 308 valence electrons. The van der Waals surface area contributed by atoms with Crippen LogP contribution in [0.5, 0.6) is 0 Å². The highest BCUT2D eigenvalue weighted by Crippen LogP contribution is 2.43. The summed E-state index contributed by atoms with van der Waals surface area (Å²) < 4.78 is 33.3. The minimum absolute atomic E-state index is 0.0366. The molecule has 3 N–H and O–H groups in total. The second-order valence-corrected chi connectivity index (χ2v) is 15.1. The molecule has 0 heterocycles. The summed E-state index contributed by atoms with van der Waals surface area (Å²) in [5.41, 5.74) is 0. The van der Waals surface area contributed by atoms with Crippen molar-refractivity contribution >= 4 is 13.8 Å². The van der Waals surface area contributed by atoms with Crippen molar-refractivity contribution in [2.24, 2.45) is 0 Å². The number of aliphatic hydroxyl groups excluding tert-OH is 2. The Kier molecular flexibility index (Phi) is 38.5. The predicted molar refractivity (Wildman–Crippen MR) is 219 cm³/mol. The van der Waals surface area contributed by atoms with Gasteiger partial charge < -0.3 is 24.6 Å². The smallest absolute Gasteiger partial charge is 0.457 e. The lowest BCUT2D eigenvalue weighted by Crippen LogP contribution is -2.29. The van der Waals surface area contributed by atoms with Crippen molar-refractivity contribution in [3.8, 4) is 0 Å². The van der Waals surface area contributed by atoms with Crippen LogP contribution < -0.4 is 0 Å². The number of carbonyl (C=O) groups excluding carboxylic acids is 1. The maximum atomic E-state index is 12.6.